The fourth-order valence-electron chi connectivity index (χ4n) is 16.3. The molecule has 9 aliphatic rings. The van der Waals surface area contributed by atoms with E-state index in [-0.39, 0.29) is 34.0 Å². The van der Waals surface area contributed by atoms with Crippen molar-refractivity contribution >= 4 is 5.97 Å². The predicted octanol–water partition coefficient (Wildman–Crippen LogP) is -2.75. The lowest BCUT2D eigenvalue weighted by atomic mass is 9.34. The van der Waals surface area contributed by atoms with E-state index in [4.69, 9.17) is 37.9 Å². The molecule has 24 nitrogen and oxygen atoms in total. The smallest absolute Gasteiger partial charge is 0.335 e. The van der Waals surface area contributed by atoms with Gasteiger partial charge in [-0.1, -0.05) is 60.1 Å². The summed E-state index contributed by atoms with van der Waals surface area (Å²) in [6.45, 7) is 12.8. The van der Waals surface area contributed by atoms with Crippen LogP contribution < -0.4 is 0 Å². The van der Waals surface area contributed by atoms with Gasteiger partial charge >= 0.3 is 5.97 Å². The molecule has 15 N–H and O–H groups in total. The van der Waals surface area contributed by atoms with Crippen LogP contribution in [-0.4, -0.2) is 243 Å². The van der Waals surface area contributed by atoms with Crippen LogP contribution >= 0.6 is 0 Å². The summed E-state index contributed by atoms with van der Waals surface area (Å²) < 4.78 is 48.7. The summed E-state index contributed by atoms with van der Waals surface area (Å²) in [5.41, 5.74) is -1.73. The molecule has 442 valence electrons. The molecule has 4 saturated heterocycles. The molecule has 29 unspecified atom stereocenters. The van der Waals surface area contributed by atoms with Crippen LogP contribution in [0.4, 0.5) is 0 Å². The molecule has 4 heterocycles. The minimum absolute atomic E-state index is 0.0119. The van der Waals surface area contributed by atoms with Crippen molar-refractivity contribution in [3.8, 4) is 0 Å². The summed E-state index contributed by atoms with van der Waals surface area (Å²) in [6, 6.07) is 0. The third kappa shape index (κ3) is 9.79. The minimum atomic E-state index is -2.27. The Kier molecular flexibility index (Phi) is 16.7. The zero-order chi connectivity index (χ0) is 56.4. The maximum atomic E-state index is 13.1. The van der Waals surface area contributed by atoms with Crippen LogP contribution in [0.2, 0.25) is 0 Å². The lowest BCUT2D eigenvalue weighted by Gasteiger charge is -2.71. The minimum Gasteiger partial charge on any atom is -0.479 e. The van der Waals surface area contributed by atoms with E-state index in [0.717, 1.165) is 32.1 Å². The molecule has 8 fully saturated rings. The first kappa shape index (κ1) is 59.9. The summed E-state index contributed by atoms with van der Waals surface area (Å²) in [5.74, 6) is -1.81. The van der Waals surface area contributed by atoms with Crippen LogP contribution in [-0.2, 0) is 42.7 Å². The molecule has 0 spiro atoms. The highest BCUT2D eigenvalue weighted by atomic mass is 16.8. The number of hydrogen-bond donors (Lipinski definition) is 15. The number of allylic oxidation sites excluding steroid dienone is 1. The topological polar surface area (TPSA) is 394 Å². The molecule has 4 saturated carbocycles. The van der Waals surface area contributed by atoms with Gasteiger partial charge in [0.15, 0.2) is 31.3 Å². The second-order valence-corrected chi connectivity index (χ2v) is 26.1. The van der Waals surface area contributed by atoms with Crippen molar-refractivity contribution in [2.75, 3.05) is 19.8 Å². The van der Waals surface area contributed by atoms with Crippen molar-refractivity contribution in [1.82, 2.24) is 0 Å². The quantitative estimate of drug-likeness (QED) is 0.0696. The standard InChI is InChI=1S/C53H86O24/c1-48(2)14-15-53(69)22(16-48)21-8-9-27-50(5)12-11-29(49(3,4)26(50)10-13-51(27,6)52(21,7)17-28(53)57)73-47-42(77-45-37(65)34(62)31(59)24(19-55)71-45)39(38(66)40(75-47)43(67)68)74-46-41(35(63)32(60)25(20-56)72-46)76-44-36(64)33(61)30(58)23(18-54)70-44/h8,22-42,44-47,54-66,69H,9-20H2,1-7H3,(H,67,68). The van der Waals surface area contributed by atoms with E-state index in [1.54, 1.807) is 0 Å². The number of hydrogen-bond acceptors (Lipinski definition) is 23. The van der Waals surface area contributed by atoms with E-state index in [1.807, 2.05) is 0 Å². The predicted molar refractivity (Wildman–Crippen MR) is 260 cm³/mol. The molecule has 0 amide bonds. The van der Waals surface area contributed by atoms with E-state index in [2.05, 4.69) is 54.5 Å². The third-order valence-corrected chi connectivity index (χ3v) is 21.0. The van der Waals surface area contributed by atoms with Crippen molar-refractivity contribution in [3.63, 3.8) is 0 Å². The number of aliphatic hydroxyl groups is 14. The van der Waals surface area contributed by atoms with Gasteiger partial charge in [-0.2, -0.15) is 0 Å². The molecule has 24 heteroatoms. The Morgan fingerprint density at radius 1 is 0.558 bits per heavy atom. The molecule has 0 aromatic carbocycles. The maximum absolute atomic E-state index is 13.1. The molecule has 4 aliphatic heterocycles. The van der Waals surface area contributed by atoms with Gasteiger partial charge in [0, 0.05) is 5.92 Å². The van der Waals surface area contributed by atoms with Gasteiger partial charge in [0.25, 0.3) is 0 Å². The molecule has 0 aromatic heterocycles. The van der Waals surface area contributed by atoms with E-state index < -0.39 is 177 Å². The third-order valence-electron chi connectivity index (χ3n) is 21.0. The summed E-state index contributed by atoms with van der Waals surface area (Å²) in [5, 5.41) is 164. The number of fused-ring (bicyclic) bond motifs is 7. The zero-order valence-corrected chi connectivity index (χ0v) is 44.9. The molecular weight excluding hydrogens is 1020 g/mol. The van der Waals surface area contributed by atoms with E-state index >= 15 is 0 Å². The van der Waals surface area contributed by atoms with Crippen LogP contribution in [0.15, 0.2) is 11.6 Å². The highest BCUT2D eigenvalue weighted by Crippen LogP contribution is 2.75. The second kappa shape index (κ2) is 21.5. The molecule has 29 atom stereocenters. The van der Waals surface area contributed by atoms with E-state index in [1.165, 1.54) is 5.57 Å². The van der Waals surface area contributed by atoms with Crippen LogP contribution in [0.5, 0.6) is 0 Å². The molecule has 0 bridgehead atoms. The number of carboxylic acids is 1. The number of aliphatic hydroxyl groups excluding tert-OH is 13. The maximum Gasteiger partial charge on any atom is 0.335 e. The van der Waals surface area contributed by atoms with Gasteiger partial charge in [0.05, 0.1) is 37.6 Å². The average molecular weight is 1110 g/mol. The first-order valence-electron chi connectivity index (χ1n) is 27.5. The summed E-state index contributed by atoms with van der Waals surface area (Å²) in [4.78, 5) is 13.1. The first-order valence-corrected chi connectivity index (χ1v) is 27.5. The number of aliphatic carboxylic acids is 1. The Morgan fingerprint density at radius 3 is 1.64 bits per heavy atom. The highest BCUT2D eigenvalue weighted by molar-refractivity contribution is 5.73. The Hall–Kier alpha value is -1.67. The number of carbonyl (C=O) groups is 1. The fraction of sp³-hybridized carbons (Fsp3) is 0.943. The fourth-order valence-corrected chi connectivity index (χ4v) is 16.3. The van der Waals surface area contributed by atoms with Crippen molar-refractivity contribution in [3.05, 3.63) is 11.6 Å². The van der Waals surface area contributed by atoms with Gasteiger partial charge in [-0.3, -0.25) is 0 Å². The molecular formula is C53H86O24. The average Bonchev–Trinajstić information content (AvgIpc) is 3.51. The Balaban J connectivity index is 1.05. The SMILES string of the molecule is CC1(C)CCC2(O)C(O)CC3(C)C(=CCC4C5(C)CCC(OC6OC(C(=O)O)C(O)C(OC7OC(CO)C(O)C(O)C7OC7OC(CO)C(O)C(O)C7O)C6OC6OC(CO)C(O)C(O)C6O)C(C)(C)C5CCC43C)C2C1. The van der Waals surface area contributed by atoms with Gasteiger partial charge in [-0.25, -0.2) is 4.79 Å². The largest absolute Gasteiger partial charge is 0.479 e. The van der Waals surface area contributed by atoms with Gasteiger partial charge in [-0.05, 0) is 96.7 Å². The lowest BCUT2D eigenvalue weighted by Crippen LogP contribution is -2.69. The van der Waals surface area contributed by atoms with Crippen LogP contribution in [0.3, 0.4) is 0 Å². The number of rotatable bonds is 12. The molecule has 9 rings (SSSR count). The monoisotopic (exact) mass is 1110 g/mol. The Labute approximate surface area is 447 Å². The second-order valence-electron chi connectivity index (χ2n) is 26.1. The summed E-state index contributed by atoms with van der Waals surface area (Å²) >= 11 is 0. The van der Waals surface area contributed by atoms with Crippen molar-refractivity contribution in [2.45, 2.75) is 247 Å². The van der Waals surface area contributed by atoms with Crippen LogP contribution in [0.25, 0.3) is 0 Å². The zero-order valence-electron chi connectivity index (χ0n) is 44.9. The normalized spacial score (nSPS) is 54.5. The van der Waals surface area contributed by atoms with Crippen molar-refractivity contribution < 1.29 is 119 Å². The molecule has 5 aliphatic carbocycles. The molecule has 0 aromatic rings. The number of carboxylic acid groups (broad SMARTS) is 1. The lowest BCUT2D eigenvalue weighted by molar-refractivity contribution is -0.407. The van der Waals surface area contributed by atoms with Crippen LogP contribution in [0.1, 0.15) is 106 Å². The van der Waals surface area contributed by atoms with Gasteiger partial charge in [-0.15, -0.1) is 0 Å². The van der Waals surface area contributed by atoms with Gasteiger partial charge in [0.1, 0.15) is 91.6 Å². The number of ether oxygens (including phenoxy) is 8. The Morgan fingerprint density at radius 2 is 1.08 bits per heavy atom. The Bertz CT molecular complexity index is 2130. The molecule has 77 heavy (non-hydrogen) atoms. The molecule has 0 radical (unpaired) electrons. The van der Waals surface area contributed by atoms with Gasteiger partial charge in [0.2, 0.25) is 0 Å². The van der Waals surface area contributed by atoms with Gasteiger partial charge < -0.3 is 114 Å². The van der Waals surface area contributed by atoms with E-state index in [0.29, 0.717) is 25.7 Å². The van der Waals surface area contributed by atoms with Crippen molar-refractivity contribution in [2.24, 2.45) is 44.8 Å². The van der Waals surface area contributed by atoms with Crippen molar-refractivity contribution in [1.29, 1.82) is 0 Å². The summed E-state index contributed by atoms with van der Waals surface area (Å²) in [7, 11) is 0. The van der Waals surface area contributed by atoms with Crippen LogP contribution in [0, 0.1) is 44.8 Å². The highest BCUT2D eigenvalue weighted by Gasteiger charge is 2.70. The summed E-state index contributed by atoms with van der Waals surface area (Å²) in [6.07, 6.45) is -32.4. The first-order chi connectivity index (χ1) is 35.9. The van der Waals surface area contributed by atoms with E-state index in [9.17, 15) is 81.4 Å².